The molecule has 0 spiro atoms. The van der Waals surface area contributed by atoms with Gasteiger partial charge in [-0.3, -0.25) is 19.2 Å². The standard InChI is InChI=1S/C50H42O6/c1-5-15-35-25-27-45(55-49(53)33(3)39-21-13-23-41(31-39)47(51)37-17-9-7-10-18-37)43(29-35)44-30-36(16-6-2)26-28-46(44)56-50(54)34(4)40-22-14-24-42(32-40)48(52)38-19-11-8-12-20-38/h5-14,17-34H,1-2,15-16H2,3-4H3. The highest BCUT2D eigenvalue weighted by Crippen LogP contribution is 2.40. The Labute approximate surface area is 327 Å². The van der Waals surface area contributed by atoms with E-state index in [-0.39, 0.29) is 23.1 Å². The van der Waals surface area contributed by atoms with Crippen molar-refractivity contribution in [2.45, 2.75) is 38.5 Å². The van der Waals surface area contributed by atoms with Crippen LogP contribution in [0.3, 0.4) is 0 Å². The monoisotopic (exact) mass is 738 g/mol. The molecule has 0 aliphatic rings. The average molecular weight is 739 g/mol. The molecule has 6 aromatic carbocycles. The van der Waals surface area contributed by atoms with Gasteiger partial charge in [-0.25, -0.2) is 0 Å². The summed E-state index contributed by atoms with van der Waals surface area (Å²) in [4.78, 5) is 54.1. The van der Waals surface area contributed by atoms with Gasteiger partial charge in [0.25, 0.3) is 0 Å². The molecule has 2 atom stereocenters. The molecule has 0 bridgehead atoms. The van der Waals surface area contributed by atoms with Gasteiger partial charge in [-0.2, -0.15) is 0 Å². The molecule has 6 aromatic rings. The van der Waals surface area contributed by atoms with E-state index in [1.54, 1.807) is 111 Å². The van der Waals surface area contributed by atoms with Gasteiger partial charge in [0, 0.05) is 33.4 Å². The SMILES string of the molecule is C=CCc1ccc(OC(=O)C(C)c2cccc(C(=O)c3ccccc3)c2)c(-c2cc(CC=C)ccc2OC(=O)C(C)c2cccc(C(=O)c3ccccc3)c2)c1. The number of hydrogen-bond donors (Lipinski definition) is 0. The van der Waals surface area contributed by atoms with Gasteiger partial charge in [0.2, 0.25) is 0 Å². The number of benzene rings is 6. The van der Waals surface area contributed by atoms with Crippen molar-refractivity contribution >= 4 is 23.5 Å². The number of allylic oxidation sites excluding steroid dienone is 2. The summed E-state index contributed by atoms with van der Waals surface area (Å²) in [5.74, 6) is -2.20. The molecule has 0 heterocycles. The Morgan fingerprint density at radius 2 is 0.857 bits per heavy atom. The van der Waals surface area contributed by atoms with Crippen molar-refractivity contribution in [2.75, 3.05) is 0 Å². The zero-order valence-electron chi connectivity index (χ0n) is 31.4. The lowest BCUT2D eigenvalue weighted by molar-refractivity contribution is -0.136. The first-order chi connectivity index (χ1) is 27.2. The van der Waals surface area contributed by atoms with E-state index < -0.39 is 23.8 Å². The normalized spacial score (nSPS) is 11.8. The molecular formula is C50H42O6. The molecule has 0 radical (unpaired) electrons. The Hall–Kier alpha value is -6.92. The van der Waals surface area contributed by atoms with E-state index in [9.17, 15) is 19.2 Å². The maximum absolute atomic E-state index is 13.9. The van der Waals surface area contributed by atoms with E-state index in [0.29, 0.717) is 57.3 Å². The summed E-state index contributed by atoms with van der Waals surface area (Å²) in [7, 11) is 0. The quantitative estimate of drug-likeness (QED) is 0.0451. The fourth-order valence-electron chi connectivity index (χ4n) is 6.42. The summed E-state index contributed by atoms with van der Waals surface area (Å²) < 4.78 is 12.3. The van der Waals surface area contributed by atoms with Crippen LogP contribution in [0.25, 0.3) is 11.1 Å². The summed E-state index contributed by atoms with van der Waals surface area (Å²) >= 11 is 0. The molecule has 0 aliphatic heterocycles. The van der Waals surface area contributed by atoms with E-state index in [2.05, 4.69) is 13.2 Å². The van der Waals surface area contributed by atoms with Crippen molar-refractivity contribution in [3.63, 3.8) is 0 Å². The van der Waals surface area contributed by atoms with Crippen molar-refractivity contribution < 1.29 is 28.7 Å². The molecule has 278 valence electrons. The average Bonchev–Trinajstić information content (AvgIpc) is 3.24. The van der Waals surface area contributed by atoms with Crippen molar-refractivity contribution in [1.29, 1.82) is 0 Å². The van der Waals surface area contributed by atoms with Gasteiger partial charge in [0.15, 0.2) is 11.6 Å². The summed E-state index contributed by atoms with van der Waals surface area (Å²) in [5.41, 5.74) is 6.24. The maximum Gasteiger partial charge on any atom is 0.318 e. The minimum Gasteiger partial charge on any atom is -0.425 e. The lowest BCUT2D eigenvalue weighted by Gasteiger charge is -2.19. The molecule has 0 aliphatic carbocycles. The summed E-state index contributed by atoms with van der Waals surface area (Å²) in [6.07, 6.45) is 4.67. The minimum atomic E-state index is -0.714. The van der Waals surface area contributed by atoms with Crippen molar-refractivity contribution in [1.82, 2.24) is 0 Å². The first kappa shape index (κ1) is 38.8. The Balaban J connectivity index is 1.30. The molecule has 56 heavy (non-hydrogen) atoms. The smallest absolute Gasteiger partial charge is 0.318 e. The number of ether oxygens (including phenoxy) is 2. The van der Waals surface area contributed by atoms with E-state index >= 15 is 0 Å². The predicted molar refractivity (Wildman–Crippen MR) is 220 cm³/mol. The molecule has 0 amide bonds. The number of ketones is 2. The van der Waals surface area contributed by atoms with Crippen molar-refractivity contribution in [3.05, 3.63) is 215 Å². The van der Waals surface area contributed by atoms with Crippen LogP contribution in [0.4, 0.5) is 0 Å². The highest BCUT2D eigenvalue weighted by molar-refractivity contribution is 6.09. The van der Waals surface area contributed by atoms with Crippen molar-refractivity contribution in [3.8, 4) is 22.6 Å². The minimum absolute atomic E-state index is 0.141. The highest BCUT2D eigenvalue weighted by atomic mass is 16.5. The third-order valence-corrected chi connectivity index (χ3v) is 9.64. The molecule has 0 fully saturated rings. The molecule has 2 unspecified atom stereocenters. The molecule has 0 saturated carbocycles. The topological polar surface area (TPSA) is 86.7 Å². The second-order valence-corrected chi connectivity index (χ2v) is 13.6. The van der Waals surface area contributed by atoms with Crippen LogP contribution in [0.2, 0.25) is 0 Å². The summed E-state index contributed by atoms with van der Waals surface area (Å²) in [6, 6.07) is 43.0. The van der Waals surface area contributed by atoms with Gasteiger partial charge >= 0.3 is 11.9 Å². The van der Waals surface area contributed by atoms with Crippen LogP contribution in [0.15, 0.2) is 171 Å². The zero-order valence-corrected chi connectivity index (χ0v) is 31.4. The molecule has 6 heteroatoms. The van der Waals surface area contributed by atoms with Gasteiger partial charge in [-0.15, -0.1) is 13.2 Å². The Bertz CT molecular complexity index is 2240. The number of carbonyl (C=O) groups excluding carboxylic acids is 4. The highest BCUT2D eigenvalue weighted by Gasteiger charge is 2.25. The third kappa shape index (κ3) is 9.05. The van der Waals surface area contributed by atoms with E-state index in [1.807, 2.05) is 60.7 Å². The van der Waals surface area contributed by atoms with Crippen LogP contribution in [0, 0.1) is 0 Å². The second kappa shape index (κ2) is 17.9. The van der Waals surface area contributed by atoms with Crippen LogP contribution >= 0.6 is 0 Å². The number of esters is 2. The lowest BCUT2D eigenvalue weighted by atomic mass is 9.95. The Morgan fingerprint density at radius 1 is 0.482 bits per heavy atom. The number of carbonyl (C=O) groups is 4. The zero-order chi connectivity index (χ0) is 39.6. The van der Waals surface area contributed by atoms with Crippen LogP contribution < -0.4 is 9.47 Å². The lowest BCUT2D eigenvalue weighted by Crippen LogP contribution is -2.18. The fourth-order valence-corrected chi connectivity index (χ4v) is 6.42. The van der Waals surface area contributed by atoms with Crippen molar-refractivity contribution in [2.24, 2.45) is 0 Å². The largest absolute Gasteiger partial charge is 0.425 e. The van der Waals surface area contributed by atoms with Gasteiger partial charge < -0.3 is 9.47 Å². The maximum atomic E-state index is 13.9. The summed E-state index contributed by atoms with van der Waals surface area (Å²) in [6.45, 7) is 11.3. The van der Waals surface area contributed by atoms with Gasteiger partial charge in [-0.05, 0) is 85.3 Å². The number of hydrogen-bond acceptors (Lipinski definition) is 6. The van der Waals surface area contributed by atoms with Crippen LogP contribution in [-0.2, 0) is 22.4 Å². The predicted octanol–water partition coefficient (Wildman–Crippen LogP) is 10.7. The van der Waals surface area contributed by atoms with Crippen LogP contribution in [0.5, 0.6) is 11.5 Å². The first-order valence-electron chi connectivity index (χ1n) is 18.5. The van der Waals surface area contributed by atoms with Gasteiger partial charge in [0.05, 0.1) is 11.8 Å². The van der Waals surface area contributed by atoms with Crippen LogP contribution in [-0.4, -0.2) is 23.5 Å². The third-order valence-electron chi connectivity index (χ3n) is 9.64. The summed E-state index contributed by atoms with van der Waals surface area (Å²) in [5, 5.41) is 0. The van der Waals surface area contributed by atoms with E-state index in [4.69, 9.17) is 9.47 Å². The molecule has 0 saturated heterocycles. The van der Waals surface area contributed by atoms with Gasteiger partial charge in [0.1, 0.15) is 11.5 Å². The number of rotatable bonds is 15. The second-order valence-electron chi connectivity index (χ2n) is 13.6. The molecule has 0 N–H and O–H groups in total. The Morgan fingerprint density at radius 3 is 1.23 bits per heavy atom. The van der Waals surface area contributed by atoms with Crippen LogP contribution in [0.1, 0.15) is 79.8 Å². The molecule has 6 rings (SSSR count). The fraction of sp³-hybridized carbons (Fsp3) is 0.120. The molecule has 6 nitrogen and oxygen atoms in total. The van der Waals surface area contributed by atoms with E-state index in [1.165, 1.54) is 0 Å². The molecular weight excluding hydrogens is 697 g/mol. The van der Waals surface area contributed by atoms with E-state index in [0.717, 1.165) is 11.1 Å². The molecule has 0 aromatic heterocycles. The van der Waals surface area contributed by atoms with Gasteiger partial charge in [-0.1, -0.05) is 121 Å². The first-order valence-corrected chi connectivity index (χ1v) is 18.5. The Kier molecular flexibility index (Phi) is 12.4.